The fourth-order valence-electron chi connectivity index (χ4n) is 2.20. The van der Waals surface area contributed by atoms with Crippen molar-refractivity contribution in [2.75, 3.05) is 0 Å². The molecular formula is C14H24N2O2. The molecule has 1 aromatic heterocycles. The van der Waals surface area contributed by atoms with Crippen molar-refractivity contribution in [2.45, 2.75) is 64.7 Å². The smallest absolute Gasteiger partial charge is 0.287 e. The Labute approximate surface area is 109 Å². The highest BCUT2D eigenvalue weighted by molar-refractivity contribution is 5.91. The third-order valence-corrected chi connectivity index (χ3v) is 3.43. The molecule has 0 radical (unpaired) electrons. The first kappa shape index (κ1) is 14.7. The molecule has 0 saturated heterocycles. The Balaban J connectivity index is 2.57. The first-order valence-electron chi connectivity index (χ1n) is 6.74. The molecule has 1 amide bonds. The van der Waals surface area contributed by atoms with Gasteiger partial charge in [-0.05, 0) is 11.8 Å². The number of carbonyl (C=O) groups is 1. The summed E-state index contributed by atoms with van der Waals surface area (Å²) >= 11 is 0. The number of aromatic nitrogens is 1. The first-order valence-corrected chi connectivity index (χ1v) is 6.74. The molecule has 0 aliphatic carbocycles. The molecule has 0 aliphatic rings. The molecule has 0 bridgehead atoms. The maximum Gasteiger partial charge on any atom is 0.287 e. The molecule has 0 aliphatic heterocycles. The van der Waals surface area contributed by atoms with Gasteiger partial charge in [0.15, 0.2) is 0 Å². The van der Waals surface area contributed by atoms with E-state index in [-0.39, 0.29) is 11.2 Å². The maximum atomic E-state index is 11.2. The Kier molecular flexibility index (Phi) is 5.38. The summed E-state index contributed by atoms with van der Waals surface area (Å²) in [7, 11) is 0. The van der Waals surface area contributed by atoms with Crippen LogP contribution < -0.4 is 5.73 Å². The molecule has 4 heteroatoms. The fraction of sp³-hybridized carbons (Fsp3) is 0.714. The summed E-state index contributed by atoms with van der Waals surface area (Å²) in [5, 5.41) is 3.69. The van der Waals surface area contributed by atoms with Crippen LogP contribution in [-0.2, 0) is 5.41 Å². The molecule has 1 aromatic rings. The number of hydrogen-bond acceptors (Lipinski definition) is 3. The Morgan fingerprint density at radius 1 is 1.33 bits per heavy atom. The van der Waals surface area contributed by atoms with Crippen LogP contribution in [0.3, 0.4) is 0 Å². The van der Waals surface area contributed by atoms with Crippen molar-refractivity contribution in [3.63, 3.8) is 0 Å². The van der Waals surface area contributed by atoms with E-state index < -0.39 is 5.91 Å². The number of primary amides is 1. The van der Waals surface area contributed by atoms with Crippen LogP contribution in [0.25, 0.3) is 0 Å². The predicted molar refractivity (Wildman–Crippen MR) is 71.4 cm³/mol. The van der Waals surface area contributed by atoms with Crippen molar-refractivity contribution in [2.24, 2.45) is 5.73 Å². The van der Waals surface area contributed by atoms with Crippen LogP contribution in [0.1, 0.15) is 75.4 Å². The molecule has 18 heavy (non-hydrogen) atoms. The molecule has 0 aromatic carbocycles. The second kappa shape index (κ2) is 6.57. The molecule has 0 saturated carbocycles. The van der Waals surface area contributed by atoms with E-state index in [4.69, 9.17) is 10.3 Å². The van der Waals surface area contributed by atoms with Gasteiger partial charge in [-0.15, -0.1) is 0 Å². The van der Waals surface area contributed by atoms with Crippen LogP contribution in [0.4, 0.5) is 0 Å². The second-order valence-electron chi connectivity index (χ2n) is 5.48. The van der Waals surface area contributed by atoms with Gasteiger partial charge in [0, 0.05) is 5.56 Å². The minimum Gasteiger partial charge on any atom is -0.363 e. The predicted octanol–water partition coefficient (Wildman–Crippen LogP) is 3.41. The summed E-state index contributed by atoms with van der Waals surface area (Å²) in [6.45, 7) is 6.41. The number of nitrogens with zero attached hydrogens (tertiary/aromatic N) is 1. The Morgan fingerprint density at radius 3 is 2.61 bits per heavy atom. The average molecular weight is 252 g/mol. The Morgan fingerprint density at radius 2 is 2.00 bits per heavy atom. The topological polar surface area (TPSA) is 69.1 Å². The van der Waals surface area contributed by atoms with E-state index in [1.807, 2.05) is 0 Å². The monoisotopic (exact) mass is 252 g/mol. The van der Waals surface area contributed by atoms with E-state index in [9.17, 15) is 4.79 Å². The lowest BCUT2D eigenvalue weighted by atomic mass is 9.80. The Bertz CT molecular complexity index is 383. The minimum absolute atomic E-state index is 0.115. The van der Waals surface area contributed by atoms with Crippen LogP contribution in [0.5, 0.6) is 0 Å². The average Bonchev–Trinajstić information content (AvgIpc) is 2.78. The van der Waals surface area contributed by atoms with Crippen LogP contribution in [-0.4, -0.2) is 11.1 Å². The molecule has 2 N–H and O–H groups in total. The van der Waals surface area contributed by atoms with Gasteiger partial charge in [0.05, 0.1) is 6.20 Å². The largest absolute Gasteiger partial charge is 0.363 e. The van der Waals surface area contributed by atoms with Gasteiger partial charge in [-0.3, -0.25) is 4.79 Å². The van der Waals surface area contributed by atoms with Gasteiger partial charge in [-0.2, -0.15) is 0 Å². The molecule has 1 rings (SSSR count). The maximum absolute atomic E-state index is 11.2. The SMILES string of the molecule is CCCCCCCC(C)(C)c1cnoc1C(N)=O. The highest BCUT2D eigenvalue weighted by Crippen LogP contribution is 2.31. The summed E-state index contributed by atoms with van der Waals surface area (Å²) in [4.78, 5) is 11.2. The molecule has 0 spiro atoms. The second-order valence-corrected chi connectivity index (χ2v) is 5.48. The van der Waals surface area contributed by atoms with E-state index in [2.05, 4.69) is 25.9 Å². The zero-order chi connectivity index (χ0) is 13.6. The molecule has 0 fully saturated rings. The number of nitrogens with two attached hydrogens (primary N) is 1. The van der Waals surface area contributed by atoms with Crippen LogP contribution in [0.2, 0.25) is 0 Å². The molecule has 102 valence electrons. The third-order valence-electron chi connectivity index (χ3n) is 3.43. The van der Waals surface area contributed by atoms with E-state index in [1.54, 1.807) is 6.20 Å². The molecule has 1 heterocycles. The van der Waals surface area contributed by atoms with Crippen LogP contribution >= 0.6 is 0 Å². The van der Waals surface area contributed by atoms with Gasteiger partial charge in [0.1, 0.15) is 0 Å². The van der Waals surface area contributed by atoms with E-state index in [0.29, 0.717) is 0 Å². The number of carbonyl (C=O) groups excluding carboxylic acids is 1. The highest BCUT2D eigenvalue weighted by Gasteiger charge is 2.28. The van der Waals surface area contributed by atoms with Gasteiger partial charge in [0.2, 0.25) is 5.76 Å². The molecule has 0 atom stereocenters. The lowest BCUT2D eigenvalue weighted by Crippen LogP contribution is -2.22. The van der Waals surface area contributed by atoms with E-state index >= 15 is 0 Å². The van der Waals surface area contributed by atoms with Crippen molar-refractivity contribution in [1.29, 1.82) is 0 Å². The summed E-state index contributed by atoms with van der Waals surface area (Å²) in [5.74, 6) is -0.338. The summed E-state index contributed by atoms with van der Waals surface area (Å²) in [6.07, 6.45) is 8.83. The van der Waals surface area contributed by atoms with E-state index in [0.717, 1.165) is 18.4 Å². The zero-order valence-corrected chi connectivity index (χ0v) is 11.7. The molecule has 4 nitrogen and oxygen atoms in total. The van der Waals surface area contributed by atoms with Gasteiger partial charge in [-0.25, -0.2) is 0 Å². The lowest BCUT2D eigenvalue weighted by Gasteiger charge is -2.23. The Hall–Kier alpha value is -1.32. The molecular weight excluding hydrogens is 228 g/mol. The summed E-state index contributed by atoms with van der Waals surface area (Å²) < 4.78 is 4.93. The number of unbranched alkanes of at least 4 members (excludes halogenated alkanes) is 4. The lowest BCUT2D eigenvalue weighted by molar-refractivity contribution is 0.0961. The first-order chi connectivity index (χ1) is 8.49. The van der Waals surface area contributed by atoms with Crippen LogP contribution in [0.15, 0.2) is 10.7 Å². The van der Waals surface area contributed by atoms with Crippen molar-refractivity contribution in [3.05, 3.63) is 17.5 Å². The van der Waals surface area contributed by atoms with Gasteiger partial charge in [-0.1, -0.05) is 58.0 Å². The van der Waals surface area contributed by atoms with Crippen LogP contribution in [0, 0.1) is 0 Å². The quantitative estimate of drug-likeness (QED) is 0.721. The fourth-order valence-corrected chi connectivity index (χ4v) is 2.20. The highest BCUT2D eigenvalue weighted by atomic mass is 16.5. The number of rotatable bonds is 8. The summed E-state index contributed by atoms with van der Waals surface area (Å²) in [6, 6.07) is 0. The van der Waals surface area contributed by atoms with Crippen molar-refractivity contribution < 1.29 is 9.32 Å². The number of hydrogen-bond donors (Lipinski definition) is 1. The zero-order valence-electron chi connectivity index (χ0n) is 11.7. The minimum atomic E-state index is -0.540. The van der Waals surface area contributed by atoms with Gasteiger partial charge in [0.25, 0.3) is 5.91 Å². The van der Waals surface area contributed by atoms with Crippen molar-refractivity contribution in [1.82, 2.24) is 5.16 Å². The van der Waals surface area contributed by atoms with Crippen molar-refractivity contribution in [3.8, 4) is 0 Å². The third kappa shape index (κ3) is 3.86. The number of amides is 1. The standard InChI is InChI=1S/C14H24N2O2/c1-4-5-6-7-8-9-14(2,3)11-10-16-18-12(11)13(15)17/h10H,4-9H2,1-3H3,(H2,15,17). The summed E-state index contributed by atoms with van der Waals surface area (Å²) in [5.41, 5.74) is 5.99. The normalized spacial score (nSPS) is 11.7. The van der Waals surface area contributed by atoms with Gasteiger partial charge >= 0.3 is 0 Å². The molecule has 0 unspecified atom stereocenters. The van der Waals surface area contributed by atoms with Gasteiger partial charge < -0.3 is 10.3 Å². The van der Waals surface area contributed by atoms with E-state index in [1.165, 1.54) is 25.7 Å². The van der Waals surface area contributed by atoms with Crippen molar-refractivity contribution >= 4 is 5.91 Å².